The summed E-state index contributed by atoms with van der Waals surface area (Å²) in [6.07, 6.45) is 0. The average Bonchev–Trinajstić information content (AvgIpc) is 2.73. The number of carboxylic acid groups (broad SMARTS) is 1. The molecule has 0 fully saturated rings. The SMILES string of the molecule is CC(C)c1nc(C(=O)O)c(-c2cccc(Cl)c2)s1. The summed E-state index contributed by atoms with van der Waals surface area (Å²) in [6, 6.07) is 7.16. The van der Waals surface area contributed by atoms with Gasteiger partial charge in [0.05, 0.1) is 9.88 Å². The fourth-order valence-electron chi connectivity index (χ4n) is 1.55. The van der Waals surface area contributed by atoms with E-state index >= 15 is 0 Å². The number of benzene rings is 1. The maximum Gasteiger partial charge on any atom is 0.356 e. The molecule has 3 nitrogen and oxygen atoms in total. The molecule has 0 spiro atoms. The Morgan fingerprint density at radius 2 is 2.17 bits per heavy atom. The highest BCUT2D eigenvalue weighted by atomic mass is 35.5. The van der Waals surface area contributed by atoms with Crippen LogP contribution in [0.15, 0.2) is 24.3 Å². The van der Waals surface area contributed by atoms with Crippen LogP contribution < -0.4 is 0 Å². The largest absolute Gasteiger partial charge is 0.476 e. The molecule has 0 amide bonds. The van der Waals surface area contributed by atoms with Crippen molar-refractivity contribution in [1.29, 1.82) is 0 Å². The smallest absolute Gasteiger partial charge is 0.356 e. The molecule has 0 aliphatic carbocycles. The molecule has 1 aromatic heterocycles. The average molecular weight is 282 g/mol. The van der Waals surface area contributed by atoms with E-state index in [9.17, 15) is 9.90 Å². The van der Waals surface area contributed by atoms with E-state index in [1.54, 1.807) is 18.2 Å². The minimum absolute atomic E-state index is 0.103. The van der Waals surface area contributed by atoms with Crippen molar-refractivity contribution in [2.45, 2.75) is 19.8 Å². The summed E-state index contributed by atoms with van der Waals surface area (Å²) in [4.78, 5) is 16.1. The van der Waals surface area contributed by atoms with E-state index in [2.05, 4.69) is 4.98 Å². The highest BCUT2D eigenvalue weighted by molar-refractivity contribution is 7.15. The lowest BCUT2D eigenvalue weighted by Crippen LogP contribution is -1.99. The molecular formula is C13H12ClNO2S. The Hall–Kier alpha value is -1.39. The molecule has 2 rings (SSSR count). The van der Waals surface area contributed by atoms with Gasteiger partial charge in [-0.25, -0.2) is 9.78 Å². The monoisotopic (exact) mass is 281 g/mol. The van der Waals surface area contributed by atoms with E-state index in [-0.39, 0.29) is 11.6 Å². The summed E-state index contributed by atoms with van der Waals surface area (Å²) in [7, 11) is 0. The van der Waals surface area contributed by atoms with Gasteiger partial charge in [0.25, 0.3) is 0 Å². The maximum absolute atomic E-state index is 11.2. The van der Waals surface area contributed by atoms with E-state index in [0.29, 0.717) is 9.90 Å². The molecule has 1 heterocycles. The summed E-state index contributed by atoms with van der Waals surface area (Å²) in [5.41, 5.74) is 0.898. The first-order chi connectivity index (χ1) is 8.49. The second-order valence-electron chi connectivity index (χ2n) is 4.20. The Kier molecular flexibility index (Phi) is 3.68. The van der Waals surface area contributed by atoms with E-state index in [1.807, 2.05) is 19.9 Å². The molecule has 5 heteroatoms. The molecule has 0 aliphatic heterocycles. The maximum atomic E-state index is 11.2. The minimum Gasteiger partial charge on any atom is -0.476 e. The highest BCUT2D eigenvalue weighted by Gasteiger charge is 2.20. The van der Waals surface area contributed by atoms with Crippen molar-refractivity contribution in [3.8, 4) is 10.4 Å². The quantitative estimate of drug-likeness (QED) is 0.913. The van der Waals surface area contributed by atoms with Crippen LogP contribution in [0.1, 0.15) is 35.3 Å². The van der Waals surface area contributed by atoms with Gasteiger partial charge >= 0.3 is 5.97 Å². The number of aromatic carboxylic acids is 1. The van der Waals surface area contributed by atoms with Crippen molar-refractivity contribution in [1.82, 2.24) is 4.98 Å². The third-order valence-electron chi connectivity index (χ3n) is 2.43. The second-order valence-corrected chi connectivity index (χ2v) is 5.67. The predicted octanol–water partition coefficient (Wildman–Crippen LogP) is 4.29. The zero-order valence-electron chi connectivity index (χ0n) is 9.98. The van der Waals surface area contributed by atoms with E-state index in [0.717, 1.165) is 10.6 Å². The number of carbonyl (C=O) groups is 1. The summed E-state index contributed by atoms with van der Waals surface area (Å²) < 4.78 is 0. The van der Waals surface area contributed by atoms with Gasteiger partial charge in [0.1, 0.15) is 0 Å². The van der Waals surface area contributed by atoms with E-state index in [1.165, 1.54) is 11.3 Å². The zero-order valence-corrected chi connectivity index (χ0v) is 11.5. The summed E-state index contributed by atoms with van der Waals surface area (Å²) >= 11 is 7.34. The third-order valence-corrected chi connectivity index (χ3v) is 4.07. The van der Waals surface area contributed by atoms with Crippen LogP contribution in [0.3, 0.4) is 0 Å². The van der Waals surface area contributed by atoms with Crippen LogP contribution in [-0.2, 0) is 0 Å². The van der Waals surface area contributed by atoms with Crippen LogP contribution in [0, 0.1) is 0 Å². The molecule has 0 bridgehead atoms. The van der Waals surface area contributed by atoms with Gasteiger partial charge in [0, 0.05) is 10.9 Å². The van der Waals surface area contributed by atoms with Gasteiger partial charge in [-0.2, -0.15) is 0 Å². The lowest BCUT2D eigenvalue weighted by molar-refractivity contribution is 0.0692. The first kappa shape index (κ1) is 13.1. The van der Waals surface area contributed by atoms with Gasteiger partial charge in [-0.1, -0.05) is 37.6 Å². The van der Waals surface area contributed by atoms with Gasteiger partial charge in [-0.15, -0.1) is 11.3 Å². The van der Waals surface area contributed by atoms with E-state index in [4.69, 9.17) is 11.6 Å². The molecule has 2 aromatic rings. The molecule has 0 saturated heterocycles. The Labute approximate surface area is 114 Å². The van der Waals surface area contributed by atoms with Gasteiger partial charge in [0.2, 0.25) is 0 Å². The first-order valence-corrected chi connectivity index (χ1v) is 6.68. The van der Waals surface area contributed by atoms with Crippen molar-refractivity contribution < 1.29 is 9.90 Å². The Morgan fingerprint density at radius 1 is 1.44 bits per heavy atom. The van der Waals surface area contributed by atoms with Gasteiger partial charge < -0.3 is 5.11 Å². The molecule has 18 heavy (non-hydrogen) atoms. The van der Waals surface area contributed by atoms with Crippen LogP contribution in [-0.4, -0.2) is 16.1 Å². The molecule has 0 aliphatic rings. The Balaban J connectivity index is 2.58. The minimum atomic E-state index is -1.01. The molecule has 0 atom stereocenters. The topological polar surface area (TPSA) is 50.2 Å². The van der Waals surface area contributed by atoms with Crippen molar-refractivity contribution in [2.75, 3.05) is 0 Å². The summed E-state index contributed by atoms with van der Waals surface area (Å²) in [5, 5.41) is 10.6. The molecule has 0 unspecified atom stereocenters. The normalized spacial score (nSPS) is 10.9. The summed E-state index contributed by atoms with van der Waals surface area (Å²) in [6.45, 7) is 3.98. The number of hydrogen-bond acceptors (Lipinski definition) is 3. The number of aromatic nitrogens is 1. The van der Waals surface area contributed by atoms with Crippen molar-refractivity contribution in [3.05, 3.63) is 40.0 Å². The molecule has 0 saturated carbocycles. The van der Waals surface area contributed by atoms with Crippen molar-refractivity contribution in [2.24, 2.45) is 0 Å². The standard InChI is InChI=1S/C13H12ClNO2S/c1-7(2)12-15-10(13(16)17)11(18-12)8-4-3-5-9(14)6-8/h3-7H,1-2H3,(H,16,17). The summed E-state index contributed by atoms with van der Waals surface area (Å²) in [5.74, 6) is -0.797. The van der Waals surface area contributed by atoms with Crippen LogP contribution in [0.2, 0.25) is 5.02 Å². The van der Waals surface area contributed by atoms with Gasteiger partial charge in [-0.05, 0) is 17.7 Å². The van der Waals surface area contributed by atoms with Crippen LogP contribution in [0.25, 0.3) is 10.4 Å². The van der Waals surface area contributed by atoms with Crippen molar-refractivity contribution in [3.63, 3.8) is 0 Å². The zero-order chi connectivity index (χ0) is 13.3. The lowest BCUT2D eigenvalue weighted by atomic mass is 10.1. The van der Waals surface area contributed by atoms with Gasteiger partial charge in [-0.3, -0.25) is 0 Å². The fourth-order valence-corrected chi connectivity index (χ4v) is 2.80. The van der Waals surface area contributed by atoms with Crippen LogP contribution in [0.5, 0.6) is 0 Å². The molecule has 94 valence electrons. The number of thiazole rings is 1. The lowest BCUT2D eigenvalue weighted by Gasteiger charge is -1.99. The predicted molar refractivity (Wildman–Crippen MR) is 73.6 cm³/mol. The number of nitrogens with zero attached hydrogens (tertiary/aromatic N) is 1. The fraction of sp³-hybridized carbons (Fsp3) is 0.231. The highest BCUT2D eigenvalue weighted by Crippen LogP contribution is 2.34. The van der Waals surface area contributed by atoms with Crippen LogP contribution in [0.4, 0.5) is 0 Å². The van der Waals surface area contributed by atoms with Gasteiger partial charge in [0.15, 0.2) is 5.69 Å². The molecule has 0 radical (unpaired) electrons. The van der Waals surface area contributed by atoms with Crippen molar-refractivity contribution >= 4 is 28.9 Å². The molecule has 1 aromatic carbocycles. The Bertz CT molecular complexity index is 592. The first-order valence-electron chi connectivity index (χ1n) is 5.49. The number of rotatable bonds is 3. The second kappa shape index (κ2) is 5.08. The Morgan fingerprint density at radius 3 is 2.72 bits per heavy atom. The molecule has 1 N–H and O–H groups in total. The number of halogens is 1. The van der Waals surface area contributed by atoms with Crippen LogP contribution >= 0.6 is 22.9 Å². The number of hydrogen-bond donors (Lipinski definition) is 1. The number of carboxylic acids is 1. The third kappa shape index (κ3) is 2.54. The van der Waals surface area contributed by atoms with E-state index < -0.39 is 5.97 Å². The molecular weight excluding hydrogens is 270 g/mol.